The number of aliphatic imine (C=N–C) groups is 1. The summed E-state index contributed by atoms with van der Waals surface area (Å²) in [4.78, 5) is 8.26. The summed E-state index contributed by atoms with van der Waals surface area (Å²) in [5.41, 5.74) is 0. The zero-order valence-electron chi connectivity index (χ0n) is 15.5. The highest BCUT2D eigenvalue weighted by molar-refractivity contribution is 14.0. The zero-order valence-corrected chi connectivity index (χ0v) is 17.8. The first kappa shape index (κ1) is 22.1. The molecule has 0 fully saturated rings. The molecule has 0 radical (unpaired) electrons. The molecule has 0 saturated heterocycles. The summed E-state index contributed by atoms with van der Waals surface area (Å²) in [6, 6.07) is 7.64. The van der Waals surface area contributed by atoms with Crippen molar-refractivity contribution < 1.29 is 9.47 Å². The maximum atomic E-state index is 5.93. The summed E-state index contributed by atoms with van der Waals surface area (Å²) >= 11 is 0. The molecule has 0 aliphatic rings. The highest BCUT2D eigenvalue weighted by Crippen LogP contribution is 2.26. The fraction of sp³-hybridized carbons (Fsp3) is 0.444. The number of ether oxygens (including phenoxy) is 2. The van der Waals surface area contributed by atoms with Gasteiger partial charge in [-0.2, -0.15) is 0 Å². The summed E-state index contributed by atoms with van der Waals surface area (Å²) in [5, 5.41) is 6.57. The van der Waals surface area contributed by atoms with Crippen LogP contribution in [0.2, 0.25) is 0 Å². The molecule has 1 heterocycles. The SMILES string of the molecule is CN=C(NCCCn1ccnc1)NCC(C)Oc1ccccc1OC.I. The number of hydrogen-bond donors (Lipinski definition) is 2. The van der Waals surface area contributed by atoms with Gasteiger partial charge < -0.3 is 24.7 Å². The summed E-state index contributed by atoms with van der Waals surface area (Å²) < 4.78 is 13.3. The van der Waals surface area contributed by atoms with Crippen molar-refractivity contribution in [3.8, 4) is 11.5 Å². The van der Waals surface area contributed by atoms with E-state index in [1.165, 1.54) is 0 Å². The standard InChI is InChI=1S/C18H27N5O2.HI/c1-15(25-17-8-5-4-7-16(17)24-3)13-22-18(19-2)21-9-6-11-23-12-10-20-14-23;/h4-5,7-8,10,12,14-15H,6,9,11,13H2,1-3H3,(H2,19,21,22);1H. The first-order valence-electron chi connectivity index (χ1n) is 8.43. The second kappa shape index (κ2) is 12.4. The number of methoxy groups -OCH3 is 1. The minimum atomic E-state index is -0.0270. The average Bonchev–Trinajstić information content (AvgIpc) is 3.15. The van der Waals surface area contributed by atoms with Crippen molar-refractivity contribution in [1.82, 2.24) is 20.2 Å². The van der Waals surface area contributed by atoms with Crippen molar-refractivity contribution in [2.45, 2.75) is 26.0 Å². The Balaban J connectivity index is 0.00000338. The first-order valence-corrected chi connectivity index (χ1v) is 8.43. The van der Waals surface area contributed by atoms with Gasteiger partial charge in [0.15, 0.2) is 17.5 Å². The fourth-order valence-electron chi connectivity index (χ4n) is 2.32. The van der Waals surface area contributed by atoms with Gasteiger partial charge in [0.2, 0.25) is 0 Å². The average molecular weight is 473 g/mol. The second-order valence-corrected chi connectivity index (χ2v) is 5.61. The predicted octanol–water partition coefficient (Wildman–Crippen LogP) is 2.53. The number of rotatable bonds is 9. The fourth-order valence-corrected chi connectivity index (χ4v) is 2.32. The van der Waals surface area contributed by atoms with Gasteiger partial charge in [0.05, 0.1) is 20.0 Å². The molecule has 1 unspecified atom stereocenters. The second-order valence-electron chi connectivity index (χ2n) is 5.61. The minimum absolute atomic E-state index is 0. The molecular formula is C18H28IN5O2. The number of nitrogens with one attached hydrogen (secondary N) is 2. The van der Waals surface area contributed by atoms with Gasteiger partial charge in [-0.1, -0.05) is 12.1 Å². The molecule has 26 heavy (non-hydrogen) atoms. The van der Waals surface area contributed by atoms with Crippen molar-refractivity contribution in [3.63, 3.8) is 0 Å². The number of halogens is 1. The van der Waals surface area contributed by atoms with Gasteiger partial charge in [-0.25, -0.2) is 4.98 Å². The third-order valence-electron chi connectivity index (χ3n) is 3.62. The van der Waals surface area contributed by atoms with Crippen molar-refractivity contribution in [2.24, 2.45) is 4.99 Å². The molecule has 8 heteroatoms. The quantitative estimate of drug-likeness (QED) is 0.254. The van der Waals surface area contributed by atoms with Crippen molar-refractivity contribution in [1.29, 1.82) is 0 Å². The van der Waals surface area contributed by atoms with E-state index in [1.54, 1.807) is 20.4 Å². The number of guanidine groups is 1. The molecule has 144 valence electrons. The van der Waals surface area contributed by atoms with Gasteiger partial charge >= 0.3 is 0 Å². The van der Waals surface area contributed by atoms with E-state index in [0.717, 1.165) is 37.0 Å². The Bertz CT molecular complexity index is 649. The predicted molar refractivity (Wildman–Crippen MR) is 115 cm³/mol. The summed E-state index contributed by atoms with van der Waals surface area (Å²) in [6.45, 7) is 4.40. The lowest BCUT2D eigenvalue weighted by atomic mass is 10.3. The Hall–Kier alpha value is -1.97. The third-order valence-corrected chi connectivity index (χ3v) is 3.62. The molecule has 2 N–H and O–H groups in total. The highest BCUT2D eigenvalue weighted by atomic mass is 127. The first-order chi connectivity index (χ1) is 12.2. The van der Waals surface area contributed by atoms with E-state index in [2.05, 4.69) is 25.2 Å². The largest absolute Gasteiger partial charge is 0.493 e. The van der Waals surface area contributed by atoms with Crippen LogP contribution in [-0.4, -0.2) is 48.9 Å². The lowest BCUT2D eigenvalue weighted by Gasteiger charge is -2.19. The van der Waals surface area contributed by atoms with E-state index in [9.17, 15) is 0 Å². The third kappa shape index (κ3) is 7.51. The van der Waals surface area contributed by atoms with Crippen molar-refractivity contribution in [3.05, 3.63) is 43.0 Å². The smallest absolute Gasteiger partial charge is 0.191 e. The van der Waals surface area contributed by atoms with Crippen LogP contribution in [0.1, 0.15) is 13.3 Å². The van der Waals surface area contributed by atoms with E-state index in [4.69, 9.17) is 9.47 Å². The number of para-hydroxylation sites is 2. The highest BCUT2D eigenvalue weighted by Gasteiger charge is 2.09. The normalized spacial score (nSPS) is 12.0. The van der Waals surface area contributed by atoms with Crippen LogP contribution < -0.4 is 20.1 Å². The number of aromatic nitrogens is 2. The molecule has 0 bridgehead atoms. The number of imidazole rings is 1. The van der Waals surface area contributed by atoms with Crippen LogP contribution in [-0.2, 0) is 6.54 Å². The molecule has 0 aliphatic heterocycles. The molecule has 2 aromatic rings. The summed E-state index contributed by atoms with van der Waals surface area (Å²) in [7, 11) is 3.40. The number of benzene rings is 1. The Morgan fingerprint density at radius 3 is 2.69 bits per heavy atom. The monoisotopic (exact) mass is 473 g/mol. The molecule has 1 aromatic carbocycles. The lowest BCUT2D eigenvalue weighted by molar-refractivity contribution is 0.213. The Kier molecular flexibility index (Phi) is 10.5. The Labute approximate surface area is 172 Å². The molecule has 7 nitrogen and oxygen atoms in total. The van der Waals surface area contributed by atoms with Crippen LogP contribution in [0, 0.1) is 0 Å². The number of aryl methyl sites for hydroxylation is 1. The molecule has 0 amide bonds. The van der Waals surface area contributed by atoms with Gasteiger partial charge in [-0.05, 0) is 25.5 Å². The zero-order chi connectivity index (χ0) is 17.9. The van der Waals surface area contributed by atoms with Crippen LogP contribution in [0.3, 0.4) is 0 Å². The van der Waals surface area contributed by atoms with Crippen LogP contribution in [0.15, 0.2) is 48.0 Å². The van der Waals surface area contributed by atoms with Crippen LogP contribution in [0.5, 0.6) is 11.5 Å². The van der Waals surface area contributed by atoms with E-state index in [1.807, 2.05) is 43.7 Å². The molecule has 0 saturated carbocycles. The molecule has 0 spiro atoms. The van der Waals surface area contributed by atoms with Gasteiger partial charge in [-0.3, -0.25) is 4.99 Å². The van der Waals surface area contributed by atoms with Gasteiger partial charge in [-0.15, -0.1) is 24.0 Å². The van der Waals surface area contributed by atoms with Crippen LogP contribution in [0.25, 0.3) is 0 Å². The number of hydrogen-bond acceptors (Lipinski definition) is 4. The summed E-state index contributed by atoms with van der Waals surface area (Å²) in [6.07, 6.45) is 6.54. The maximum absolute atomic E-state index is 5.93. The van der Waals surface area contributed by atoms with E-state index in [-0.39, 0.29) is 30.1 Å². The number of nitrogens with zero attached hydrogens (tertiary/aromatic N) is 3. The minimum Gasteiger partial charge on any atom is -0.493 e. The van der Waals surface area contributed by atoms with E-state index in [0.29, 0.717) is 6.54 Å². The summed E-state index contributed by atoms with van der Waals surface area (Å²) in [5.74, 6) is 2.24. The molecule has 2 rings (SSSR count). The molecular weight excluding hydrogens is 445 g/mol. The molecule has 1 aromatic heterocycles. The Morgan fingerprint density at radius 2 is 2.04 bits per heavy atom. The lowest BCUT2D eigenvalue weighted by Crippen LogP contribution is -2.42. The van der Waals surface area contributed by atoms with Crippen LogP contribution in [0.4, 0.5) is 0 Å². The molecule has 0 aliphatic carbocycles. The topological polar surface area (TPSA) is 72.7 Å². The molecule has 1 atom stereocenters. The maximum Gasteiger partial charge on any atom is 0.191 e. The van der Waals surface area contributed by atoms with E-state index >= 15 is 0 Å². The Morgan fingerprint density at radius 1 is 1.27 bits per heavy atom. The van der Waals surface area contributed by atoms with Crippen molar-refractivity contribution in [2.75, 3.05) is 27.2 Å². The van der Waals surface area contributed by atoms with Gasteiger partial charge in [0.1, 0.15) is 6.10 Å². The van der Waals surface area contributed by atoms with Gasteiger partial charge in [0.25, 0.3) is 0 Å². The van der Waals surface area contributed by atoms with Crippen molar-refractivity contribution >= 4 is 29.9 Å². The van der Waals surface area contributed by atoms with Crippen LogP contribution >= 0.6 is 24.0 Å². The van der Waals surface area contributed by atoms with Gasteiger partial charge in [0, 0.05) is 32.5 Å². The van der Waals surface area contributed by atoms with E-state index < -0.39 is 0 Å².